The number of imide groups is 1. The summed E-state index contributed by atoms with van der Waals surface area (Å²) in [5, 5.41) is 5.64. The van der Waals surface area contributed by atoms with Crippen molar-refractivity contribution in [2.24, 2.45) is 5.73 Å². The summed E-state index contributed by atoms with van der Waals surface area (Å²) in [5.41, 5.74) is 5.26. The first-order valence-electron chi connectivity index (χ1n) is 4.82. The van der Waals surface area contributed by atoms with Crippen molar-refractivity contribution in [1.82, 2.24) is 5.32 Å². The van der Waals surface area contributed by atoms with Gasteiger partial charge in [-0.2, -0.15) is 0 Å². The van der Waals surface area contributed by atoms with Gasteiger partial charge in [0.1, 0.15) is 6.04 Å². The molecule has 1 atom stereocenters. The second-order valence-electron chi connectivity index (χ2n) is 3.47. The molecule has 0 saturated carbocycles. The minimum absolute atomic E-state index is 0.297. The van der Waals surface area contributed by atoms with Crippen LogP contribution in [0.2, 0.25) is 15.1 Å². The van der Waals surface area contributed by atoms with E-state index in [2.05, 4.69) is 5.32 Å². The predicted molar refractivity (Wildman–Crippen MR) is 72.3 cm³/mol. The topological polar surface area (TPSA) is 84.2 Å². The number of primary amides is 1. The van der Waals surface area contributed by atoms with Crippen LogP contribution in [0.1, 0.15) is 6.92 Å². The molecule has 0 aliphatic carbocycles. The predicted octanol–water partition coefficient (Wildman–Crippen LogP) is 2.64. The summed E-state index contributed by atoms with van der Waals surface area (Å²) >= 11 is 17.5. The molecule has 0 aromatic heterocycles. The van der Waals surface area contributed by atoms with Gasteiger partial charge in [0.15, 0.2) is 0 Å². The van der Waals surface area contributed by atoms with Gasteiger partial charge in [0.2, 0.25) is 5.91 Å². The summed E-state index contributed by atoms with van der Waals surface area (Å²) in [5.74, 6) is -0.579. The van der Waals surface area contributed by atoms with Crippen molar-refractivity contribution in [3.63, 3.8) is 0 Å². The average Bonchev–Trinajstić information content (AvgIpc) is 2.24. The standard InChI is InChI=1S/C10H10Cl3N3O2/c1-4(9(17)16-10(14)18)15-8-3-6(12)5(11)2-7(8)13/h2-4,15H,1H3,(H3,14,16,17,18). The Hall–Kier alpha value is -1.17. The Balaban J connectivity index is 2.81. The first-order valence-corrected chi connectivity index (χ1v) is 5.96. The molecule has 1 aromatic rings. The highest BCUT2D eigenvalue weighted by molar-refractivity contribution is 6.44. The molecule has 0 heterocycles. The molecule has 0 aliphatic heterocycles. The summed E-state index contributed by atoms with van der Waals surface area (Å²) in [4.78, 5) is 22.0. The number of hydrogen-bond donors (Lipinski definition) is 3. The number of hydrogen-bond acceptors (Lipinski definition) is 3. The largest absolute Gasteiger partial charge is 0.373 e. The molecule has 4 N–H and O–H groups in total. The van der Waals surface area contributed by atoms with E-state index in [4.69, 9.17) is 40.5 Å². The number of halogens is 3. The van der Waals surface area contributed by atoms with E-state index < -0.39 is 18.0 Å². The van der Waals surface area contributed by atoms with Crippen molar-refractivity contribution in [2.75, 3.05) is 5.32 Å². The van der Waals surface area contributed by atoms with Crippen LogP contribution in [0.4, 0.5) is 10.5 Å². The second-order valence-corrected chi connectivity index (χ2v) is 4.69. The van der Waals surface area contributed by atoms with Crippen molar-refractivity contribution < 1.29 is 9.59 Å². The lowest BCUT2D eigenvalue weighted by atomic mass is 10.2. The van der Waals surface area contributed by atoms with Crippen LogP contribution in [0.15, 0.2) is 12.1 Å². The Bertz CT molecular complexity index is 494. The van der Waals surface area contributed by atoms with Crippen molar-refractivity contribution >= 4 is 52.4 Å². The number of carbonyl (C=O) groups is 2. The number of urea groups is 1. The van der Waals surface area contributed by atoms with Gasteiger partial charge in [-0.1, -0.05) is 34.8 Å². The molecule has 0 radical (unpaired) electrons. The number of nitrogens with two attached hydrogens (primary N) is 1. The van der Waals surface area contributed by atoms with Gasteiger partial charge in [-0.3, -0.25) is 10.1 Å². The molecule has 98 valence electrons. The molecule has 1 rings (SSSR count). The highest BCUT2D eigenvalue weighted by atomic mass is 35.5. The summed E-state index contributed by atoms with van der Waals surface area (Å²) in [6.45, 7) is 1.54. The number of anilines is 1. The Morgan fingerprint density at radius 3 is 2.28 bits per heavy atom. The van der Waals surface area contributed by atoms with E-state index in [1.807, 2.05) is 5.32 Å². The third-order valence-electron chi connectivity index (χ3n) is 2.02. The lowest BCUT2D eigenvalue weighted by Crippen LogP contribution is -2.43. The average molecular weight is 311 g/mol. The lowest BCUT2D eigenvalue weighted by molar-refractivity contribution is -0.120. The third kappa shape index (κ3) is 3.94. The Labute approximate surface area is 119 Å². The summed E-state index contributed by atoms with van der Waals surface area (Å²) in [6, 6.07) is 1.30. The first kappa shape index (κ1) is 14.9. The van der Waals surface area contributed by atoms with Crippen LogP contribution in [-0.4, -0.2) is 18.0 Å². The normalized spacial score (nSPS) is 11.8. The van der Waals surface area contributed by atoms with E-state index in [1.54, 1.807) is 0 Å². The van der Waals surface area contributed by atoms with E-state index in [0.717, 1.165) is 0 Å². The summed E-state index contributed by atoms with van der Waals surface area (Å²) in [6.07, 6.45) is 0. The van der Waals surface area contributed by atoms with Crippen molar-refractivity contribution in [2.45, 2.75) is 13.0 Å². The number of nitrogens with one attached hydrogen (secondary N) is 2. The molecule has 0 saturated heterocycles. The molecule has 8 heteroatoms. The van der Waals surface area contributed by atoms with Crippen molar-refractivity contribution in [3.05, 3.63) is 27.2 Å². The van der Waals surface area contributed by atoms with Crippen LogP contribution in [0.3, 0.4) is 0 Å². The van der Waals surface area contributed by atoms with Crippen molar-refractivity contribution in [1.29, 1.82) is 0 Å². The van der Waals surface area contributed by atoms with E-state index in [1.165, 1.54) is 19.1 Å². The van der Waals surface area contributed by atoms with Crippen molar-refractivity contribution in [3.8, 4) is 0 Å². The van der Waals surface area contributed by atoms with E-state index in [0.29, 0.717) is 20.8 Å². The maximum atomic E-state index is 11.4. The zero-order valence-electron chi connectivity index (χ0n) is 9.26. The van der Waals surface area contributed by atoms with Crippen LogP contribution in [-0.2, 0) is 4.79 Å². The Kier molecular flexibility index (Phi) is 5.07. The molecule has 1 unspecified atom stereocenters. The van der Waals surface area contributed by atoms with Gasteiger partial charge in [0.05, 0.1) is 20.8 Å². The van der Waals surface area contributed by atoms with Gasteiger partial charge in [0, 0.05) is 0 Å². The van der Waals surface area contributed by atoms with Crippen LogP contribution >= 0.6 is 34.8 Å². The van der Waals surface area contributed by atoms with E-state index in [9.17, 15) is 9.59 Å². The first-order chi connectivity index (χ1) is 8.31. The van der Waals surface area contributed by atoms with Crippen LogP contribution in [0.25, 0.3) is 0 Å². The maximum absolute atomic E-state index is 11.4. The SMILES string of the molecule is CC(Nc1cc(Cl)c(Cl)cc1Cl)C(=O)NC(N)=O. The molecule has 0 spiro atoms. The molecule has 0 fully saturated rings. The molecule has 0 aliphatic rings. The number of carbonyl (C=O) groups excluding carboxylic acids is 2. The second kappa shape index (κ2) is 6.13. The maximum Gasteiger partial charge on any atom is 0.318 e. The van der Waals surface area contributed by atoms with Crippen LogP contribution in [0, 0.1) is 0 Å². The Morgan fingerprint density at radius 1 is 1.17 bits per heavy atom. The molecule has 0 bridgehead atoms. The lowest BCUT2D eigenvalue weighted by Gasteiger charge is -2.15. The quantitative estimate of drug-likeness (QED) is 0.750. The summed E-state index contributed by atoms with van der Waals surface area (Å²) in [7, 11) is 0. The van der Waals surface area contributed by atoms with Gasteiger partial charge >= 0.3 is 6.03 Å². The molecule has 1 aromatic carbocycles. The third-order valence-corrected chi connectivity index (χ3v) is 3.06. The molecule has 5 nitrogen and oxygen atoms in total. The van der Waals surface area contributed by atoms with Crippen LogP contribution < -0.4 is 16.4 Å². The van der Waals surface area contributed by atoms with Crippen LogP contribution in [0.5, 0.6) is 0 Å². The van der Waals surface area contributed by atoms with Gasteiger partial charge in [0.25, 0.3) is 0 Å². The van der Waals surface area contributed by atoms with Gasteiger partial charge in [-0.25, -0.2) is 4.79 Å². The number of rotatable bonds is 3. The van der Waals surface area contributed by atoms with Gasteiger partial charge < -0.3 is 11.1 Å². The fraction of sp³-hybridized carbons (Fsp3) is 0.200. The molecular formula is C10H10Cl3N3O2. The molecule has 3 amide bonds. The smallest absolute Gasteiger partial charge is 0.318 e. The molecular weight excluding hydrogens is 300 g/mol. The van der Waals surface area contributed by atoms with Gasteiger partial charge in [-0.15, -0.1) is 0 Å². The molecule has 18 heavy (non-hydrogen) atoms. The zero-order valence-corrected chi connectivity index (χ0v) is 11.5. The fourth-order valence-electron chi connectivity index (χ4n) is 1.16. The monoisotopic (exact) mass is 309 g/mol. The minimum Gasteiger partial charge on any atom is -0.373 e. The Morgan fingerprint density at radius 2 is 1.72 bits per heavy atom. The van der Waals surface area contributed by atoms with Gasteiger partial charge in [-0.05, 0) is 19.1 Å². The fourth-order valence-corrected chi connectivity index (χ4v) is 1.76. The highest BCUT2D eigenvalue weighted by Gasteiger charge is 2.16. The number of amides is 3. The minimum atomic E-state index is -0.922. The zero-order chi connectivity index (χ0) is 13.9. The van der Waals surface area contributed by atoms with E-state index in [-0.39, 0.29) is 0 Å². The number of benzene rings is 1. The highest BCUT2D eigenvalue weighted by Crippen LogP contribution is 2.32. The summed E-state index contributed by atoms with van der Waals surface area (Å²) < 4.78 is 0. The van der Waals surface area contributed by atoms with E-state index >= 15 is 0 Å².